The Morgan fingerprint density at radius 1 is 1.24 bits per heavy atom. The van der Waals surface area contributed by atoms with Crippen LogP contribution in [-0.2, 0) is 10.0 Å². The average Bonchev–Trinajstić information content (AvgIpc) is 2.62. The van der Waals surface area contributed by atoms with Gasteiger partial charge in [0, 0.05) is 44.3 Å². The number of sulfonamides is 1. The second-order valence-corrected chi connectivity index (χ2v) is 8.37. The van der Waals surface area contributed by atoms with E-state index in [1.54, 1.807) is 36.3 Å². The van der Waals surface area contributed by atoms with E-state index in [2.05, 4.69) is 5.32 Å². The summed E-state index contributed by atoms with van der Waals surface area (Å²) in [5.74, 6) is 0.440. The maximum Gasteiger partial charge on any atom is 0.254 e. The molecule has 1 aliphatic heterocycles. The lowest BCUT2D eigenvalue weighted by Gasteiger charge is -2.30. The Labute approximate surface area is 150 Å². The van der Waals surface area contributed by atoms with Crippen molar-refractivity contribution in [3.05, 3.63) is 29.8 Å². The molecule has 0 radical (unpaired) electrons. The maximum absolute atomic E-state index is 12.7. The summed E-state index contributed by atoms with van der Waals surface area (Å²) >= 11 is 0. The first-order valence-electron chi connectivity index (χ1n) is 8.48. The Morgan fingerprint density at radius 2 is 1.84 bits per heavy atom. The van der Waals surface area contributed by atoms with Crippen molar-refractivity contribution < 1.29 is 17.9 Å². The number of rotatable bonds is 7. The molecule has 1 N–H and O–H groups in total. The predicted octanol–water partition coefficient (Wildman–Crippen LogP) is 0.781. The summed E-state index contributed by atoms with van der Waals surface area (Å²) in [4.78, 5) is 14.3. The molecule has 1 aliphatic rings. The first-order valence-corrected chi connectivity index (χ1v) is 10.1. The normalized spacial score (nSPS) is 16.0. The van der Waals surface area contributed by atoms with Crippen molar-refractivity contribution in [2.45, 2.75) is 19.9 Å². The lowest BCUT2D eigenvalue weighted by atomic mass is 10.1. The van der Waals surface area contributed by atoms with Crippen molar-refractivity contribution in [2.75, 3.05) is 45.6 Å². The van der Waals surface area contributed by atoms with Crippen molar-refractivity contribution in [2.24, 2.45) is 0 Å². The monoisotopic (exact) mass is 369 g/mol. The standard InChI is InChI=1S/C17H27N3O4S/c1-14(2)20(17(21)15-4-6-16(24-3)7-5-15)12-13-25(22,23)19-10-8-18-9-11-19/h4-7,14,18H,8-13H2,1-3H3. The van der Waals surface area contributed by atoms with Crippen LogP contribution >= 0.6 is 0 Å². The van der Waals surface area contributed by atoms with Gasteiger partial charge in [0.05, 0.1) is 12.9 Å². The van der Waals surface area contributed by atoms with Crippen molar-refractivity contribution in [1.29, 1.82) is 0 Å². The van der Waals surface area contributed by atoms with Gasteiger partial charge in [-0.3, -0.25) is 4.79 Å². The second kappa shape index (κ2) is 8.64. The van der Waals surface area contributed by atoms with Crippen LogP contribution in [-0.4, -0.2) is 75.2 Å². The van der Waals surface area contributed by atoms with E-state index in [9.17, 15) is 13.2 Å². The van der Waals surface area contributed by atoms with E-state index in [0.29, 0.717) is 37.5 Å². The molecule has 1 amide bonds. The van der Waals surface area contributed by atoms with Gasteiger partial charge in [-0.15, -0.1) is 0 Å². The molecule has 1 fully saturated rings. The van der Waals surface area contributed by atoms with Gasteiger partial charge in [-0.2, -0.15) is 4.31 Å². The van der Waals surface area contributed by atoms with E-state index in [0.717, 1.165) is 0 Å². The van der Waals surface area contributed by atoms with Crippen LogP contribution in [0, 0.1) is 0 Å². The number of methoxy groups -OCH3 is 1. The molecule has 1 heterocycles. The van der Waals surface area contributed by atoms with Crippen molar-refractivity contribution in [3.63, 3.8) is 0 Å². The topological polar surface area (TPSA) is 79.0 Å². The Morgan fingerprint density at radius 3 is 2.36 bits per heavy atom. The zero-order valence-electron chi connectivity index (χ0n) is 15.1. The molecule has 0 atom stereocenters. The van der Waals surface area contributed by atoms with E-state index in [1.807, 2.05) is 13.8 Å². The third-order valence-corrected chi connectivity index (χ3v) is 6.13. The highest BCUT2D eigenvalue weighted by atomic mass is 32.2. The fourth-order valence-corrected chi connectivity index (χ4v) is 4.18. The molecule has 0 aliphatic carbocycles. The second-order valence-electron chi connectivity index (χ2n) is 6.29. The van der Waals surface area contributed by atoms with Gasteiger partial charge >= 0.3 is 0 Å². The molecular formula is C17H27N3O4S. The van der Waals surface area contributed by atoms with Gasteiger partial charge in [0.25, 0.3) is 5.91 Å². The summed E-state index contributed by atoms with van der Waals surface area (Å²) in [6.45, 7) is 6.25. The molecule has 25 heavy (non-hydrogen) atoms. The zero-order valence-corrected chi connectivity index (χ0v) is 15.9. The average molecular weight is 369 g/mol. The number of hydrogen-bond acceptors (Lipinski definition) is 5. The third kappa shape index (κ3) is 5.17. The number of nitrogens with one attached hydrogen (secondary N) is 1. The molecule has 0 aromatic heterocycles. The summed E-state index contributed by atoms with van der Waals surface area (Å²) in [6.07, 6.45) is 0. The molecule has 8 heteroatoms. The summed E-state index contributed by atoms with van der Waals surface area (Å²) in [5, 5.41) is 3.14. The fraction of sp³-hybridized carbons (Fsp3) is 0.588. The number of ether oxygens (including phenoxy) is 1. The maximum atomic E-state index is 12.7. The first-order chi connectivity index (χ1) is 11.8. The summed E-state index contributed by atoms with van der Waals surface area (Å²) in [5.41, 5.74) is 0.522. The molecule has 0 unspecified atom stereocenters. The number of benzene rings is 1. The highest BCUT2D eigenvalue weighted by Gasteiger charge is 2.26. The van der Waals surface area contributed by atoms with E-state index in [4.69, 9.17) is 4.74 Å². The quantitative estimate of drug-likeness (QED) is 0.768. The van der Waals surface area contributed by atoms with Gasteiger partial charge in [0.1, 0.15) is 5.75 Å². The van der Waals surface area contributed by atoms with Crippen LogP contribution in [0.4, 0.5) is 0 Å². The largest absolute Gasteiger partial charge is 0.497 e. The minimum absolute atomic E-state index is 0.0624. The van der Waals surface area contributed by atoms with Gasteiger partial charge in [0.2, 0.25) is 10.0 Å². The van der Waals surface area contributed by atoms with Gasteiger partial charge in [-0.25, -0.2) is 8.42 Å². The number of nitrogens with zero attached hydrogens (tertiary/aromatic N) is 2. The van der Waals surface area contributed by atoms with E-state index >= 15 is 0 Å². The Kier molecular flexibility index (Phi) is 6.80. The van der Waals surface area contributed by atoms with Crippen LogP contribution in [0.3, 0.4) is 0 Å². The molecule has 1 aromatic rings. The van der Waals surface area contributed by atoms with Crippen LogP contribution < -0.4 is 10.1 Å². The number of piperazine rings is 1. The van der Waals surface area contributed by atoms with Gasteiger partial charge in [-0.05, 0) is 38.1 Å². The first kappa shape index (κ1) is 19.7. The van der Waals surface area contributed by atoms with Crippen LogP contribution in [0.2, 0.25) is 0 Å². The van der Waals surface area contributed by atoms with Crippen molar-refractivity contribution in [1.82, 2.24) is 14.5 Å². The predicted molar refractivity (Wildman–Crippen MR) is 97.4 cm³/mol. The Balaban J connectivity index is 2.05. The highest BCUT2D eigenvalue weighted by molar-refractivity contribution is 7.89. The lowest BCUT2D eigenvalue weighted by Crippen LogP contribution is -2.49. The van der Waals surface area contributed by atoms with Gasteiger partial charge in [-0.1, -0.05) is 0 Å². The van der Waals surface area contributed by atoms with E-state index in [-0.39, 0.29) is 24.2 Å². The van der Waals surface area contributed by atoms with Crippen LogP contribution in [0.25, 0.3) is 0 Å². The van der Waals surface area contributed by atoms with Gasteiger partial charge < -0.3 is 15.0 Å². The third-order valence-electron chi connectivity index (χ3n) is 4.28. The molecule has 2 rings (SSSR count). The molecule has 0 spiro atoms. The zero-order chi connectivity index (χ0) is 18.4. The fourth-order valence-electron chi connectivity index (χ4n) is 2.76. The number of hydrogen-bond donors (Lipinski definition) is 1. The number of amides is 1. The Bertz CT molecular complexity index is 668. The number of carbonyl (C=O) groups is 1. The summed E-state index contributed by atoms with van der Waals surface area (Å²) in [7, 11) is -1.79. The molecule has 140 valence electrons. The molecule has 1 aromatic carbocycles. The Hall–Kier alpha value is -1.64. The minimum Gasteiger partial charge on any atom is -0.497 e. The highest BCUT2D eigenvalue weighted by Crippen LogP contribution is 2.15. The van der Waals surface area contributed by atoms with Crippen molar-refractivity contribution in [3.8, 4) is 5.75 Å². The van der Waals surface area contributed by atoms with E-state index < -0.39 is 10.0 Å². The van der Waals surface area contributed by atoms with Crippen molar-refractivity contribution >= 4 is 15.9 Å². The number of carbonyl (C=O) groups excluding carboxylic acids is 1. The summed E-state index contributed by atoms with van der Waals surface area (Å²) in [6, 6.07) is 6.75. The molecule has 0 saturated carbocycles. The molecular weight excluding hydrogens is 342 g/mol. The van der Waals surface area contributed by atoms with E-state index in [1.165, 1.54) is 4.31 Å². The SMILES string of the molecule is COc1ccc(C(=O)N(CCS(=O)(=O)N2CCNCC2)C(C)C)cc1. The van der Waals surface area contributed by atoms with Crippen LogP contribution in [0.5, 0.6) is 5.75 Å². The molecule has 1 saturated heterocycles. The summed E-state index contributed by atoms with van der Waals surface area (Å²) < 4.78 is 31.6. The minimum atomic E-state index is -3.36. The molecule has 7 nitrogen and oxygen atoms in total. The lowest BCUT2D eigenvalue weighted by molar-refractivity contribution is 0.0718. The van der Waals surface area contributed by atoms with Crippen LogP contribution in [0.15, 0.2) is 24.3 Å². The smallest absolute Gasteiger partial charge is 0.254 e. The van der Waals surface area contributed by atoms with Crippen LogP contribution in [0.1, 0.15) is 24.2 Å². The molecule has 0 bridgehead atoms. The van der Waals surface area contributed by atoms with Gasteiger partial charge in [0.15, 0.2) is 0 Å².